The van der Waals surface area contributed by atoms with Crippen LogP contribution in [0.4, 0.5) is 0 Å². The Bertz CT molecular complexity index is 679. The standard InChI is InChI=1S/C18H29N3O3S/c1-14-17(7-8-18(20-14)25(2,22)23)24-13-15-3-5-16(6-4-15)21-11-9-19-10-12-21/h7-8,15-16,19H,3-6,9-13H2,1-2H3/t15-,16-. The van der Waals surface area contributed by atoms with Crippen molar-refractivity contribution >= 4 is 9.84 Å². The number of nitrogens with zero attached hydrogens (tertiary/aromatic N) is 2. The minimum Gasteiger partial charge on any atom is -0.491 e. The highest BCUT2D eigenvalue weighted by atomic mass is 32.2. The van der Waals surface area contributed by atoms with Gasteiger partial charge in [-0.15, -0.1) is 0 Å². The van der Waals surface area contributed by atoms with E-state index in [1.807, 2.05) is 0 Å². The number of piperazine rings is 1. The number of rotatable bonds is 5. The molecule has 7 heteroatoms. The van der Waals surface area contributed by atoms with Crippen LogP contribution in [-0.2, 0) is 9.84 Å². The molecule has 2 aliphatic rings. The summed E-state index contributed by atoms with van der Waals surface area (Å²) in [5, 5.41) is 3.52. The largest absolute Gasteiger partial charge is 0.491 e. The summed E-state index contributed by atoms with van der Waals surface area (Å²) in [5.74, 6) is 1.27. The Kier molecular flexibility index (Phi) is 5.96. The van der Waals surface area contributed by atoms with Crippen molar-refractivity contribution in [3.8, 4) is 5.75 Å². The minimum absolute atomic E-state index is 0.105. The Hall–Kier alpha value is -1.18. The zero-order chi connectivity index (χ0) is 17.9. The molecule has 0 radical (unpaired) electrons. The van der Waals surface area contributed by atoms with Crippen LogP contribution >= 0.6 is 0 Å². The highest BCUT2D eigenvalue weighted by Gasteiger charge is 2.27. The third kappa shape index (κ3) is 4.92. The average molecular weight is 368 g/mol. The highest BCUT2D eigenvalue weighted by molar-refractivity contribution is 7.90. The van der Waals surface area contributed by atoms with E-state index in [0.29, 0.717) is 24.0 Å². The van der Waals surface area contributed by atoms with Crippen LogP contribution in [-0.4, -0.2) is 63.4 Å². The zero-order valence-corrected chi connectivity index (χ0v) is 16.0. The maximum Gasteiger partial charge on any atom is 0.192 e. The van der Waals surface area contributed by atoms with E-state index in [1.54, 1.807) is 13.0 Å². The van der Waals surface area contributed by atoms with E-state index < -0.39 is 9.84 Å². The van der Waals surface area contributed by atoms with Crippen LogP contribution in [0.15, 0.2) is 17.2 Å². The summed E-state index contributed by atoms with van der Waals surface area (Å²) in [4.78, 5) is 6.79. The van der Waals surface area contributed by atoms with Gasteiger partial charge in [-0.1, -0.05) is 0 Å². The molecule has 0 spiro atoms. The van der Waals surface area contributed by atoms with E-state index in [0.717, 1.165) is 19.1 Å². The molecule has 0 atom stereocenters. The van der Waals surface area contributed by atoms with Gasteiger partial charge >= 0.3 is 0 Å². The molecule has 1 N–H and O–H groups in total. The first-order valence-electron chi connectivity index (χ1n) is 9.19. The first-order chi connectivity index (χ1) is 11.9. The maximum atomic E-state index is 11.6. The molecule has 2 heterocycles. The first-order valence-corrected chi connectivity index (χ1v) is 11.1. The van der Waals surface area contributed by atoms with Crippen LogP contribution in [0.25, 0.3) is 0 Å². The van der Waals surface area contributed by atoms with E-state index in [9.17, 15) is 8.42 Å². The molecule has 0 amide bonds. The number of aromatic nitrogens is 1. The molecule has 25 heavy (non-hydrogen) atoms. The molecular weight excluding hydrogens is 338 g/mol. The van der Waals surface area contributed by atoms with Crippen molar-refractivity contribution < 1.29 is 13.2 Å². The van der Waals surface area contributed by atoms with E-state index in [-0.39, 0.29) is 5.03 Å². The fraction of sp³-hybridized carbons (Fsp3) is 0.722. The summed E-state index contributed by atoms with van der Waals surface area (Å²) in [6.45, 7) is 7.05. The van der Waals surface area contributed by atoms with Gasteiger partial charge < -0.3 is 10.1 Å². The topological polar surface area (TPSA) is 71.5 Å². The Morgan fingerprint density at radius 3 is 2.48 bits per heavy atom. The number of aryl methyl sites for hydroxylation is 1. The Morgan fingerprint density at radius 2 is 1.88 bits per heavy atom. The lowest BCUT2D eigenvalue weighted by molar-refractivity contribution is 0.105. The molecule has 0 bridgehead atoms. The summed E-state index contributed by atoms with van der Waals surface area (Å²) in [5.41, 5.74) is 0.637. The van der Waals surface area contributed by atoms with Crippen molar-refractivity contribution in [2.24, 2.45) is 5.92 Å². The van der Waals surface area contributed by atoms with E-state index >= 15 is 0 Å². The van der Waals surface area contributed by atoms with Crippen LogP contribution in [0.1, 0.15) is 31.4 Å². The van der Waals surface area contributed by atoms with E-state index in [2.05, 4.69) is 15.2 Å². The number of ether oxygens (including phenoxy) is 1. The maximum absolute atomic E-state index is 11.6. The SMILES string of the molecule is Cc1nc(S(C)(=O)=O)ccc1OC[C@H]1CC[C@H](N2CCNCC2)CC1. The fourth-order valence-corrected chi connectivity index (χ4v) is 4.43. The second kappa shape index (κ2) is 8.01. The molecular formula is C18H29N3O3S. The Balaban J connectivity index is 1.48. The van der Waals surface area contributed by atoms with Gasteiger partial charge in [0.25, 0.3) is 0 Å². The molecule has 1 aromatic heterocycles. The highest BCUT2D eigenvalue weighted by Crippen LogP contribution is 2.29. The Morgan fingerprint density at radius 1 is 1.20 bits per heavy atom. The van der Waals surface area contributed by atoms with Crippen molar-refractivity contribution in [2.45, 2.75) is 43.7 Å². The van der Waals surface area contributed by atoms with Crippen LogP contribution in [0, 0.1) is 12.8 Å². The molecule has 1 saturated carbocycles. The van der Waals surface area contributed by atoms with Crippen molar-refractivity contribution in [3.05, 3.63) is 17.8 Å². The van der Waals surface area contributed by atoms with Gasteiger partial charge in [0.2, 0.25) is 0 Å². The lowest BCUT2D eigenvalue weighted by Gasteiger charge is -2.39. The summed E-state index contributed by atoms with van der Waals surface area (Å²) in [6, 6.07) is 3.99. The number of sulfone groups is 1. The number of hydrogen-bond acceptors (Lipinski definition) is 6. The number of pyridine rings is 1. The predicted molar refractivity (Wildman–Crippen MR) is 97.8 cm³/mol. The summed E-state index contributed by atoms with van der Waals surface area (Å²) >= 11 is 0. The summed E-state index contributed by atoms with van der Waals surface area (Å²) < 4.78 is 29.0. The average Bonchev–Trinajstić information content (AvgIpc) is 2.61. The van der Waals surface area contributed by atoms with Crippen molar-refractivity contribution in [1.29, 1.82) is 0 Å². The zero-order valence-electron chi connectivity index (χ0n) is 15.2. The summed E-state index contributed by atoms with van der Waals surface area (Å²) in [6.07, 6.45) is 6.06. The van der Waals surface area contributed by atoms with E-state index in [4.69, 9.17) is 4.74 Å². The van der Waals surface area contributed by atoms with Gasteiger partial charge in [0, 0.05) is 38.5 Å². The van der Waals surface area contributed by atoms with Crippen molar-refractivity contribution in [3.63, 3.8) is 0 Å². The number of nitrogens with one attached hydrogen (secondary N) is 1. The molecule has 1 saturated heterocycles. The molecule has 6 nitrogen and oxygen atoms in total. The van der Waals surface area contributed by atoms with Crippen LogP contribution in [0.3, 0.4) is 0 Å². The van der Waals surface area contributed by atoms with Crippen molar-refractivity contribution in [1.82, 2.24) is 15.2 Å². The summed E-state index contributed by atoms with van der Waals surface area (Å²) in [7, 11) is -3.27. The second-order valence-electron chi connectivity index (χ2n) is 7.28. The fourth-order valence-electron chi connectivity index (χ4n) is 3.82. The smallest absolute Gasteiger partial charge is 0.192 e. The quantitative estimate of drug-likeness (QED) is 0.853. The van der Waals surface area contributed by atoms with Gasteiger partial charge in [-0.05, 0) is 50.7 Å². The molecule has 1 aromatic rings. The molecule has 140 valence electrons. The monoisotopic (exact) mass is 367 g/mol. The Labute approximate surface area is 150 Å². The van der Waals surface area contributed by atoms with Crippen molar-refractivity contribution in [2.75, 3.05) is 39.0 Å². The van der Waals surface area contributed by atoms with Gasteiger partial charge in [0.1, 0.15) is 5.75 Å². The molecule has 0 unspecified atom stereocenters. The van der Waals surface area contributed by atoms with E-state index in [1.165, 1.54) is 51.1 Å². The molecule has 2 fully saturated rings. The molecule has 0 aromatic carbocycles. The molecule has 1 aliphatic carbocycles. The van der Waals surface area contributed by atoms with Crippen LogP contribution < -0.4 is 10.1 Å². The number of hydrogen-bond donors (Lipinski definition) is 1. The normalized spacial score (nSPS) is 25.7. The molecule has 1 aliphatic heterocycles. The molecule has 3 rings (SSSR count). The van der Waals surface area contributed by atoms with Crippen LogP contribution in [0.5, 0.6) is 5.75 Å². The van der Waals surface area contributed by atoms with Gasteiger partial charge in [-0.2, -0.15) is 0 Å². The first kappa shape index (κ1) is 18.6. The third-order valence-electron chi connectivity index (χ3n) is 5.35. The predicted octanol–water partition coefficient (Wildman–Crippen LogP) is 1.64. The van der Waals surface area contributed by atoms with Gasteiger partial charge in [-0.25, -0.2) is 13.4 Å². The van der Waals surface area contributed by atoms with Gasteiger partial charge in [0.15, 0.2) is 14.9 Å². The van der Waals surface area contributed by atoms with Gasteiger partial charge in [-0.3, -0.25) is 4.90 Å². The van der Waals surface area contributed by atoms with Gasteiger partial charge in [0.05, 0.1) is 12.3 Å². The second-order valence-corrected chi connectivity index (χ2v) is 9.24. The van der Waals surface area contributed by atoms with Crippen LogP contribution in [0.2, 0.25) is 0 Å². The lowest BCUT2D eigenvalue weighted by Crippen LogP contribution is -2.49. The minimum atomic E-state index is -3.27. The lowest BCUT2D eigenvalue weighted by atomic mass is 9.85. The third-order valence-corrected chi connectivity index (χ3v) is 6.34.